The zero-order valence-electron chi connectivity index (χ0n) is 15.7. The van der Waals surface area contributed by atoms with Gasteiger partial charge in [0.05, 0.1) is 0 Å². The van der Waals surface area contributed by atoms with Gasteiger partial charge in [0, 0.05) is 30.7 Å². The van der Waals surface area contributed by atoms with Crippen LogP contribution in [0.4, 0.5) is 0 Å². The molecule has 3 aliphatic rings. The van der Waals surface area contributed by atoms with E-state index in [1.165, 1.54) is 58.2 Å². The van der Waals surface area contributed by atoms with Crippen molar-refractivity contribution < 1.29 is 0 Å². The fourth-order valence-electron chi connectivity index (χ4n) is 3.84. The molecule has 136 valence electrons. The van der Waals surface area contributed by atoms with Gasteiger partial charge in [0.25, 0.3) is 0 Å². The largest absolute Gasteiger partial charge is 0.328 e. The third-order valence-corrected chi connectivity index (χ3v) is 6.04. The van der Waals surface area contributed by atoms with Gasteiger partial charge in [-0.05, 0) is 85.7 Å². The van der Waals surface area contributed by atoms with E-state index in [9.17, 15) is 0 Å². The van der Waals surface area contributed by atoms with Gasteiger partial charge in [0.2, 0.25) is 0 Å². The number of nitrogens with zero attached hydrogens (tertiary/aromatic N) is 3. The molecule has 0 aromatic carbocycles. The Hall–Kier alpha value is -0.200. The highest BCUT2D eigenvalue weighted by molar-refractivity contribution is 4.89. The normalized spacial score (nSPS) is 35.5. The van der Waals surface area contributed by atoms with Gasteiger partial charge in [-0.25, -0.2) is 0 Å². The van der Waals surface area contributed by atoms with Gasteiger partial charge in [0.15, 0.2) is 0 Å². The molecule has 1 aliphatic heterocycles. The zero-order chi connectivity index (χ0) is 17.0. The lowest BCUT2D eigenvalue weighted by molar-refractivity contribution is 0.0995. The molecule has 3 fully saturated rings. The summed E-state index contributed by atoms with van der Waals surface area (Å²) in [4.78, 5) is 7.22. The molecule has 2 aliphatic carbocycles. The highest BCUT2D eigenvalue weighted by atomic mass is 15.2. The minimum absolute atomic E-state index is 0.481. The van der Waals surface area contributed by atoms with Gasteiger partial charge in [-0.3, -0.25) is 0 Å². The van der Waals surface area contributed by atoms with E-state index in [4.69, 9.17) is 11.5 Å². The molecule has 1 saturated heterocycles. The van der Waals surface area contributed by atoms with Crippen LogP contribution < -0.4 is 11.5 Å². The van der Waals surface area contributed by atoms with Gasteiger partial charge in [-0.1, -0.05) is 0 Å². The average molecular weight is 326 g/mol. The molecular weight excluding hydrogens is 286 g/mol. The van der Waals surface area contributed by atoms with Crippen molar-refractivity contribution in [2.75, 3.05) is 47.8 Å². The maximum Gasteiger partial charge on any atom is 0.0122 e. The van der Waals surface area contributed by atoms with E-state index in [-0.39, 0.29) is 0 Å². The lowest BCUT2D eigenvalue weighted by atomic mass is 9.85. The van der Waals surface area contributed by atoms with Crippen LogP contribution in [-0.2, 0) is 0 Å². The Morgan fingerprint density at radius 1 is 0.870 bits per heavy atom. The van der Waals surface area contributed by atoms with Crippen LogP contribution in [0.25, 0.3) is 0 Å². The predicted molar refractivity (Wildman–Crippen MR) is 98.5 cm³/mol. The molecule has 1 heterocycles. The number of nitrogens with two attached hydrogens (primary N) is 2. The Morgan fingerprint density at radius 2 is 1.35 bits per heavy atom. The fourth-order valence-corrected chi connectivity index (χ4v) is 3.84. The summed E-state index contributed by atoms with van der Waals surface area (Å²) >= 11 is 0. The van der Waals surface area contributed by atoms with E-state index in [0.717, 1.165) is 18.0 Å². The molecule has 0 amide bonds. The van der Waals surface area contributed by atoms with E-state index in [0.29, 0.717) is 12.1 Å². The molecule has 0 aromatic heterocycles. The molecule has 4 N–H and O–H groups in total. The van der Waals surface area contributed by atoms with Crippen molar-refractivity contribution in [1.82, 2.24) is 14.7 Å². The molecule has 5 nitrogen and oxygen atoms in total. The minimum atomic E-state index is 0.481. The summed E-state index contributed by atoms with van der Waals surface area (Å²) in [5.74, 6) is 0.919. The van der Waals surface area contributed by atoms with E-state index in [1.54, 1.807) is 0 Å². The van der Waals surface area contributed by atoms with Crippen molar-refractivity contribution >= 4 is 0 Å². The van der Waals surface area contributed by atoms with E-state index in [1.807, 2.05) is 0 Å². The third kappa shape index (κ3) is 5.98. The first-order chi connectivity index (χ1) is 10.8. The number of likely N-dealkylation sites (tertiary alicyclic amines) is 1. The monoisotopic (exact) mass is 325 g/mol. The number of rotatable bonds is 4. The first-order valence-electron chi connectivity index (χ1n) is 9.41. The summed E-state index contributed by atoms with van der Waals surface area (Å²) < 4.78 is 0. The minimum Gasteiger partial charge on any atom is -0.328 e. The van der Waals surface area contributed by atoms with Crippen molar-refractivity contribution in [3.63, 3.8) is 0 Å². The second-order valence-corrected chi connectivity index (χ2v) is 8.42. The summed E-state index contributed by atoms with van der Waals surface area (Å²) in [5, 5.41) is 0. The van der Waals surface area contributed by atoms with Gasteiger partial charge >= 0.3 is 0 Å². The molecule has 5 heteroatoms. The lowest BCUT2D eigenvalue weighted by Gasteiger charge is -2.41. The molecule has 0 spiro atoms. The molecule has 3 rings (SSSR count). The highest BCUT2D eigenvalue weighted by Crippen LogP contribution is 2.25. The number of piperidine rings is 1. The van der Waals surface area contributed by atoms with Crippen molar-refractivity contribution in [3.8, 4) is 0 Å². The van der Waals surface area contributed by atoms with Crippen LogP contribution in [0.2, 0.25) is 0 Å². The Balaban J connectivity index is 0.000000203. The van der Waals surface area contributed by atoms with Crippen LogP contribution in [0, 0.1) is 5.92 Å². The first kappa shape index (κ1) is 19.1. The van der Waals surface area contributed by atoms with Gasteiger partial charge in [0.1, 0.15) is 0 Å². The molecular formula is C18H39N5. The molecule has 0 unspecified atom stereocenters. The van der Waals surface area contributed by atoms with E-state index >= 15 is 0 Å². The average Bonchev–Trinajstić information content (AvgIpc) is 2.43. The van der Waals surface area contributed by atoms with Crippen LogP contribution >= 0.6 is 0 Å². The Kier molecular flexibility index (Phi) is 7.29. The smallest absolute Gasteiger partial charge is 0.0122 e. The maximum absolute atomic E-state index is 5.82. The second-order valence-electron chi connectivity index (χ2n) is 8.42. The van der Waals surface area contributed by atoms with Crippen molar-refractivity contribution in [2.24, 2.45) is 17.4 Å². The summed E-state index contributed by atoms with van der Waals surface area (Å²) in [6, 6.07) is 2.52. The fraction of sp³-hybridized carbons (Fsp3) is 1.00. The SMILES string of the molecule is CN(C)C1CC(N)C1.CN1CCC(CN(C)C2CC(N)C2)CC1. The molecule has 0 atom stereocenters. The second kappa shape index (κ2) is 8.77. The summed E-state index contributed by atoms with van der Waals surface area (Å²) in [6.45, 7) is 3.84. The van der Waals surface area contributed by atoms with E-state index in [2.05, 4.69) is 42.9 Å². The Labute approximate surface area is 143 Å². The van der Waals surface area contributed by atoms with Crippen molar-refractivity contribution in [1.29, 1.82) is 0 Å². The van der Waals surface area contributed by atoms with E-state index < -0.39 is 0 Å². The summed E-state index contributed by atoms with van der Waals surface area (Å²) in [7, 11) is 8.72. The van der Waals surface area contributed by atoms with Crippen LogP contribution in [-0.4, -0.2) is 86.7 Å². The lowest BCUT2D eigenvalue weighted by Crippen LogP contribution is -2.50. The molecule has 0 aromatic rings. The zero-order valence-corrected chi connectivity index (χ0v) is 15.7. The highest BCUT2D eigenvalue weighted by Gasteiger charge is 2.30. The van der Waals surface area contributed by atoms with Crippen molar-refractivity contribution in [3.05, 3.63) is 0 Å². The van der Waals surface area contributed by atoms with Gasteiger partial charge < -0.3 is 26.2 Å². The summed E-state index contributed by atoms with van der Waals surface area (Å²) in [6.07, 6.45) is 7.55. The number of hydrogen-bond donors (Lipinski definition) is 2. The standard InChI is InChI=1S/C12H25N3.C6H14N2/c1-14-5-3-10(4-6-14)9-15(2)12-7-11(13)8-12;1-8(2)6-3-5(7)4-6/h10-12H,3-9,13H2,1-2H3;5-6H,3-4,7H2,1-2H3. The molecule has 23 heavy (non-hydrogen) atoms. The van der Waals surface area contributed by atoms with Crippen LogP contribution in [0.15, 0.2) is 0 Å². The third-order valence-electron chi connectivity index (χ3n) is 6.04. The quantitative estimate of drug-likeness (QED) is 0.800. The summed E-state index contributed by atoms with van der Waals surface area (Å²) in [5.41, 5.74) is 11.4. The Morgan fingerprint density at radius 3 is 1.74 bits per heavy atom. The van der Waals surface area contributed by atoms with Crippen LogP contribution in [0.3, 0.4) is 0 Å². The molecule has 2 saturated carbocycles. The topological polar surface area (TPSA) is 61.8 Å². The van der Waals surface area contributed by atoms with Crippen LogP contribution in [0.5, 0.6) is 0 Å². The Bertz CT molecular complexity index is 328. The maximum atomic E-state index is 5.82. The van der Waals surface area contributed by atoms with Gasteiger partial charge in [-0.15, -0.1) is 0 Å². The molecule has 0 radical (unpaired) electrons. The predicted octanol–water partition coefficient (Wildman–Crippen LogP) is 0.787. The first-order valence-corrected chi connectivity index (χ1v) is 9.41. The van der Waals surface area contributed by atoms with Crippen molar-refractivity contribution in [2.45, 2.75) is 62.7 Å². The van der Waals surface area contributed by atoms with Gasteiger partial charge in [-0.2, -0.15) is 0 Å². The number of hydrogen-bond acceptors (Lipinski definition) is 5. The molecule has 0 bridgehead atoms. The van der Waals surface area contributed by atoms with Crippen LogP contribution in [0.1, 0.15) is 38.5 Å².